The van der Waals surface area contributed by atoms with Gasteiger partial charge in [-0.2, -0.15) is 0 Å². The average Bonchev–Trinajstić information content (AvgIpc) is 3.26. The van der Waals surface area contributed by atoms with Crippen molar-refractivity contribution in [3.05, 3.63) is 59.7 Å². The second-order valence-corrected chi connectivity index (χ2v) is 6.08. The van der Waals surface area contributed by atoms with Gasteiger partial charge in [0.25, 0.3) is 0 Å². The smallest absolute Gasteiger partial charge is 0.0821 e. The lowest BCUT2D eigenvalue weighted by atomic mass is 9.71. The zero-order valence-corrected chi connectivity index (χ0v) is 11.9. The fraction of sp³-hybridized carbons (Fsp3) is 0.368. The molecule has 0 saturated carbocycles. The number of epoxide rings is 1. The van der Waals surface area contributed by atoms with Crippen molar-refractivity contribution in [1.82, 2.24) is 0 Å². The van der Waals surface area contributed by atoms with Crippen LogP contribution >= 0.6 is 0 Å². The van der Waals surface area contributed by atoms with E-state index in [1.165, 1.54) is 35.1 Å². The van der Waals surface area contributed by atoms with E-state index in [-0.39, 0.29) is 5.41 Å². The molecule has 2 aromatic carbocycles. The molecule has 102 valence electrons. The van der Waals surface area contributed by atoms with E-state index in [0.717, 1.165) is 13.0 Å². The van der Waals surface area contributed by atoms with E-state index >= 15 is 0 Å². The van der Waals surface area contributed by atoms with Crippen LogP contribution in [0.5, 0.6) is 0 Å². The normalized spacial score (nSPS) is 21.4. The summed E-state index contributed by atoms with van der Waals surface area (Å²) in [7, 11) is 0. The van der Waals surface area contributed by atoms with Gasteiger partial charge in [0, 0.05) is 5.41 Å². The maximum absolute atomic E-state index is 5.57. The Labute approximate surface area is 120 Å². The predicted octanol–water partition coefficient (Wildman–Crippen LogP) is 4.54. The third-order valence-electron chi connectivity index (χ3n) is 4.83. The second-order valence-electron chi connectivity index (χ2n) is 6.08. The Balaban J connectivity index is 1.95. The molecule has 0 N–H and O–H groups in total. The van der Waals surface area contributed by atoms with Crippen LogP contribution in [-0.2, 0) is 10.2 Å². The number of hydrogen-bond donors (Lipinski definition) is 0. The molecule has 0 spiro atoms. The van der Waals surface area contributed by atoms with E-state index in [0.29, 0.717) is 6.10 Å². The fourth-order valence-corrected chi connectivity index (χ4v) is 4.01. The quantitative estimate of drug-likeness (QED) is 0.738. The third-order valence-corrected chi connectivity index (χ3v) is 4.83. The molecular formula is C19H20O. The van der Waals surface area contributed by atoms with Gasteiger partial charge < -0.3 is 4.74 Å². The predicted molar refractivity (Wildman–Crippen MR) is 81.9 cm³/mol. The van der Waals surface area contributed by atoms with Crippen LogP contribution in [0.2, 0.25) is 0 Å². The van der Waals surface area contributed by atoms with Gasteiger partial charge in [-0.15, -0.1) is 0 Å². The maximum atomic E-state index is 5.57. The van der Waals surface area contributed by atoms with Crippen molar-refractivity contribution in [1.29, 1.82) is 0 Å². The molecule has 2 aliphatic rings. The summed E-state index contributed by atoms with van der Waals surface area (Å²) in [5.74, 6) is 0. The van der Waals surface area contributed by atoms with Crippen molar-refractivity contribution >= 4 is 0 Å². The second kappa shape index (κ2) is 4.46. The standard InChI is InChI=1S/C19H20O/c1-2-11-19(12-14-13-20-14)17-9-5-3-7-15(17)16-8-4-6-10-18(16)19/h3-10,14H,2,11-13H2,1H3/t14-/m1/s1. The summed E-state index contributed by atoms with van der Waals surface area (Å²) in [5, 5.41) is 0. The van der Waals surface area contributed by atoms with Crippen LogP contribution in [-0.4, -0.2) is 12.7 Å². The summed E-state index contributed by atoms with van der Waals surface area (Å²) in [5.41, 5.74) is 6.05. The third kappa shape index (κ3) is 1.66. The Morgan fingerprint density at radius 2 is 1.55 bits per heavy atom. The van der Waals surface area contributed by atoms with Gasteiger partial charge in [-0.05, 0) is 35.1 Å². The van der Waals surface area contributed by atoms with Crippen molar-refractivity contribution in [2.45, 2.75) is 37.7 Å². The Kier molecular flexibility index (Phi) is 2.71. The van der Waals surface area contributed by atoms with Crippen molar-refractivity contribution in [2.24, 2.45) is 0 Å². The van der Waals surface area contributed by atoms with E-state index in [1.807, 2.05) is 0 Å². The maximum Gasteiger partial charge on any atom is 0.0821 e. The minimum atomic E-state index is 0.170. The molecule has 1 heteroatoms. The molecule has 0 aromatic heterocycles. The van der Waals surface area contributed by atoms with Gasteiger partial charge in [-0.25, -0.2) is 0 Å². The number of hydrogen-bond acceptors (Lipinski definition) is 1. The van der Waals surface area contributed by atoms with Crippen molar-refractivity contribution in [3.63, 3.8) is 0 Å². The summed E-state index contributed by atoms with van der Waals surface area (Å²) >= 11 is 0. The molecule has 1 nitrogen and oxygen atoms in total. The molecule has 0 bridgehead atoms. The topological polar surface area (TPSA) is 12.5 Å². The first kappa shape index (κ1) is 12.2. The zero-order chi connectivity index (χ0) is 13.6. The van der Waals surface area contributed by atoms with Gasteiger partial charge in [-0.3, -0.25) is 0 Å². The minimum Gasteiger partial charge on any atom is -0.373 e. The van der Waals surface area contributed by atoms with Crippen LogP contribution < -0.4 is 0 Å². The molecule has 4 rings (SSSR count). The first-order chi connectivity index (χ1) is 9.85. The molecular weight excluding hydrogens is 244 g/mol. The number of ether oxygens (including phenoxy) is 1. The molecule has 2 aromatic rings. The highest BCUT2D eigenvalue weighted by Gasteiger charge is 2.45. The number of rotatable bonds is 4. The van der Waals surface area contributed by atoms with E-state index < -0.39 is 0 Å². The van der Waals surface area contributed by atoms with Crippen molar-refractivity contribution in [2.75, 3.05) is 6.61 Å². The lowest BCUT2D eigenvalue weighted by molar-refractivity contribution is 0.336. The van der Waals surface area contributed by atoms with E-state index in [9.17, 15) is 0 Å². The van der Waals surface area contributed by atoms with Gasteiger partial charge in [-0.1, -0.05) is 61.9 Å². The molecule has 0 radical (unpaired) electrons. The Morgan fingerprint density at radius 3 is 2.05 bits per heavy atom. The molecule has 0 unspecified atom stereocenters. The van der Waals surface area contributed by atoms with Gasteiger partial charge in [0.1, 0.15) is 0 Å². The largest absolute Gasteiger partial charge is 0.373 e. The summed E-state index contributed by atoms with van der Waals surface area (Å²) < 4.78 is 5.57. The van der Waals surface area contributed by atoms with E-state index in [4.69, 9.17) is 4.74 Å². The van der Waals surface area contributed by atoms with Crippen LogP contribution in [0.4, 0.5) is 0 Å². The summed E-state index contributed by atoms with van der Waals surface area (Å²) in [6, 6.07) is 17.9. The molecule has 1 fully saturated rings. The molecule has 1 aliphatic heterocycles. The highest BCUT2D eigenvalue weighted by atomic mass is 16.6. The highest BCUT2D eigenvalue weighted by molar-refractivity contribution is 5.81. The summed E-state index contributed by atoms with van der Waals surface area (Å²) in [4.78, 5) is 0. The molecule has 1 heterocycles. The van der Waals surface area contributed by atoms with Crippen molar-refractivity contribution < 1.29 is 4.74 Å². The first-order valence-electron chi connectivity index (χ1n) is 7.66. The monoisotopic (exact) mass is 264 g/mol. The molecule has 1 saturated heterocycles. The van der Waals surface area contributed by atoms with Crippen LogP contribution in [0, 0.1) is 0 Å². The van der Waals surface area contributed by atoms with Gasteiger partial charge in [0.05, 0.1) is 12.7 Å². The lowest BCUT2D eigenvalue weighted by Crippen LogP contribution is -2.27. The summed E-state index contributed by atoms with van der Waals surface area (Å²) in [6.07, 6.45) is 4.01. The average molecular weight is 264 g/mol. The molecule has 20 heavy (non-hydrogen) atoms. The van der Waals surface area contributed by atoms with E-state index in [2.05, 4.69) is 55.5 Å². The number of fused-ring (bicyclic) bond motifs is 3. The minimum absolute atomic E-state index is 0.170. The van der Waals surface area contributed by atoms with Gasteiger partial charge >= 0.3 is 0 Å². The summed E-state index contributed by atoms with van der Waals surface area (Å²) in [6.45, 7) is 3.23. The van der Waals surface area contributed by atoms with Crippen LogP contribution in [0.25, 0.3) is 11.1 Å². The highest BCUT2D eigenvalue weighted by Crippen LogP contribution is 2.54. The fourth-order valence-electron chi connectivity index (χ4n) is 4.01. The van der Waals surface area contributed by atoms with E-state index in [1.54, 1.807) is 0 Å². The van der Waals surface area contributed by atoms with Gasteiger partial charge in [0.2, 0.25) is 0 Å². The molecule has 1 aliphatic carbocycles. The molecule has 1 atom stereocenters. The lowest BCUT2D eigenvalue weighted by Gasteiger charge is -2.31. The first-order valence-corrected chi connectivity index (χ1v) is 7.66. The van der Waals surface area contributed by atoms with Gasteiger partial charge in [0.15, 0.2) is 0 Å². The van der Waals surface area contributed by atoms with Crippen molar-refractivity contribution in [3.8, 4) is 11.1 Å². The van der Waals surface area contributed by atoms with Crippen LogP contribution in [0.3, 0.4) is 0 Å². The Bertz CT molecular complexity index is 594. The van der Waals surface area contributed by atoms with Crippen LogP contribution in [0.1, 0.15) is 37.3 Å². The molecule has 0 amide bonds. The Hall–Kier alpha value is -1.60. The van der Waals surface area contributed by atoms with Crippen LogP contribution in [0.15, 0.2) is 48.5 Å². The zero-order valence-electron chi connectivity index (χ0n) is 11.9. The Morgan fingerprint density at radius 1 is 1.00 bits per heavy atom. The SMILES string of the molecule is CCCC1(C[C@@H]2CO2)c2ccccc2-c2ccccc21. The number of benzene rings is 2.